The summed E-state index contributed by atoms with van der Waals surface area (Å²) in [5, 5.41) is 10.6. The molecule has 1 aromatic heterocycles. The summed E-state index contributed by atoms with van der Waals surface area (Å²) in [7, 11) is 3.31. The van der Waals surface area contributed by atoms with E-state index in [4.69, 9.17) is 18.6 Å². The Hall–Kier alpha value is -3.97. The smallest absolute Gasteiger partial charge is 0.197 e. The maximum atomic E-state index is 12.6. The monoisotopic (exact) mass is 487 g/mol. The number of nitrogens with zero attached hydrogens (tertiary/aromatic N) is 1. The molecule has 0 unspecified atom stereocenters. The second-order valence-electron chi connectivity index (χ2n) is 8.86. The Balaban J connectivity index is 1.23. The van der Waals surface area contributed by atoms with E-state index in [1.807, 2.05) is 30.3 Å². The third-order valence-electron chi connectivity index (χ3n) is 6.53. The van der Waals surface area contributed by atoms with E-state index in [0.29, 0.717) is 23.7 Å². The number of ether oxygens (including phenoxy) is 3. The third-order valence-corrected chi connectivity index (χ3v) is 6.53. The molecule has 0 amide bonds. The number of phenolic OH excluding ortho intramolecular Hbond substituents is 1. The molecule has 0 aliphatic carbocycles. The van der Waals surface area contributed by atoms with Gasteiger partial charge in [-0.25, -0.2) is 0 Å². The van der Waals surface area contributed by atoms with Crippen LogP contribution >= 0.6 is 0 Å². The van der Waals surface area contributed by atoms with Gasteiger partial charge in [0.1, 0.15) is 28.2 Å². The zero-order valence-electron chi connectivity index (χ0n) is 20.5. The van der Waals surface area contributed by atoms with E-state index < -0.39 is 0 Å². The molecule has 7 nitrogen and oxygen atoms in total. The number of hydrogen-bond acceptors (Lipinski definition) is 7. The van der Waals surface area contributed by atoms with Crippen molar-refractivity contribution in [3.8, 4) is 34.3 Å². The van der Waals surface area contributed by atoms with Gasteiger partial charge in [-0.15, -0.1) is 0 Å². The van der Waals surface area contributed by atoms with Crippen LogP contribution in [0.1, 0.15) is 17.5 Å². The molecule has 1 N–H and O–H groups in total. The topological polar surface area (TPSA) is 81.4 Å². The molecular formula is C29H29NO6. The zero-order chi connectivity index (χ0) is 25.1. The lowest BCUT2D eigenvalue weighted by Gasteiger charge is -2.29. The van der Waals surface area contributed by atoms with Gasteiger partial charge in [-0.1, -0.05) is 30.3 Å². The first-order valence-electron chi connectivity index (χ1n) is 12.0. The molecule has 0 spiro atoms. The summed E-state index contributed by atoms with van der Waals surface area (Å²) in [4.78, 5) is 15.0. The first-order chi connectivity index (χ1) is 17.6. The van der Waals surface area contributed by atoms with Gasteiger partial charge in [0, 0.05) is 43.4 Å². The van der Waals surface area contributed by atoms with E-state index in [0.717, 1.165) is 49.5 Å². The van der Waals surface area contributed by atoms with Gasteiger partial charge in [0.05, 0.1) is 20.8 Å². The standard InChI is InChI=1S/C29H29NO6/c1-33-26-13-20-9-11-30(18-21(20)14-27(26)34-2)10-6-12-35-22-15-23(31)29-24(32)17-25(36-28(29)16-22)19-7-4-3-5-8-19/h3-5,7-8,13-17,31H,6,9-12,18H2,1-2H3. The first kappa shape index (κ1) is 23.8. The molecule has 5 rings (SSSR count). The molecule has 0 saturated heterocycles. The van der Waals surface area contributed by atoms with Crippen LogP contribution in [0.4, 0.5) is 0 Å². The average Bonchev–Trinajstić information content (AvgIpc) is 2.90. The van der Waals surface area contributed by atoms with E-state index in [1.165, 1.54) is 23.3 Å². The Morgan fingerprint density at radius 1 is 0.972 bits per heavy atom. The molecule has 1 aliphatic heterocycles. The average molecular weight is 488 g/mol. The van der Waals surface area contributed by atoms with Crippen LogP contribution in [-0.2, 0) is 13.0 Å². The third kappa shape index (κ3) is 4.88. The van der Waals surface area contributed by atoms with Crippen LogP contribution in [-0.4, -0.2) is 43.9 Å². The van der Waals surface area contributed by atoms with Crippen molar-refractivity contribution in [2.75, 3.05) is 33.9 Å². The molecule has 0 fully saturated rings. The largest absolute Gasteiger partial charge is 0.507 e. The van der Waals surface area contributed by atoms with Crippen LogP contribution in [0.25, 0.3) is 22.3 Å². The fourth-order valence-corrected chi connectivity index (χ4v) is 4.68. The van der Waals surface area contributed by atoms with Crippen LogP contribution in [0.3, 0.4) is 0 Å². The Morgan fingerprint density at radius 3 is 2.47 bits per heavy atom. The van der Waals surface area contributed by atoms with E-state index in [9.17, 15) is 9.90 Å². The van der Waals surface area contributed by atoms with Gasteiger partial charge in [0.25, 0.3) is 0 Å². The highest BCUT2D eigenvalue weighted by Crippen LogP contribution is 2.34. The van der Waals surface area contributed by atoms with Crippen LogP contribution < -0.4 is 19.6 Å². The Labute approximate surface area is 209 Å². The number of rotatable bonds is 8. The van der Waals surface area contributed by atoms with Gasteiger partial charge < -0.3 is 23.7 Å². The molecule has 0 radical (unpaired) electrons. The van der Waals surface area contributed by atoms with Crippen LogP contribution in [0.5, 0.6) is 23.0 Å². The van der Waals surface area contributed by atoms with Crippen LogP contribution in [0.2, 0.25) is 0 Å². The fourth-order valence-electron chi connectivity index (χ4n) is 4.68. The number of aromatic hydroxyl groups is 1. The molecule has 2 heterocycles. The SMILES string of the molecule is COc1cc2c(cc1OC)CN(CCCOc1cc(O)c3c(=O)cc(-c4ccccc4)oc3c1)CC2. The summed E-state index contributed by atoms with van der Waals surface area (Å²) < 4.78 is 22.8. The zero-order valence-corrected chi connectivity index (χ0v) is 20.5. The maximum absolute atomic E-state index is 12.6. The molecule has 36 heavy (non-hydrogen) atoms. The van der Waals surface area contributed by atoms with Gasteiger partial charge in [0.15, 0.2) is 16.9 Å². The molecule has 186 valence electrons. The summed E-state index contributed by atoms with van der Waals surface area (Å²) in [6, 6.07) is 18.1. The van der Waals surface area contributed by atoms with E-state index in [1.54, 1.807) is 20.3 Å². The molecule has 0 atom stereocenters. The van der Waals surface area contributed by atoms with Crippen molar-refractivity contribution in [2.24, 2.45) is 0 Å². The van der Waals surface area contributed by atoms with Gasteiger partial charge in [0.2, 0.25) is 0 Å². The quantitative estimate of drug-likeness (QED) is 0.350. The summed E-state index contributed by atoms with van der Waals surface area (Å²) in [6.07, 6.45) is 1.77. The number of fused-ring (bicyclic) bond motifs is 2. The minimum Gasteiger partial charge on any atom is -0.507 e. The van der Waals surface area contributed by atoms with E-state index in [2.05, 4.69) is 17.0 Å². The molecular weight excluding hydrogens is 458 g/mol. The predicted molar refractivity (Wildman–Crippen MR) is 138 cm³/mol. The second-order valence-corrected chi connectivity index (χ2v) is 8.86. The van der Waals surface area contributed by atoms with Gasteiger partial charge in [-0.3, -0.25) is 9.69 Å². The van der Waals surface area contributed by atoms with Gasteiger partial charge >= 0.3 is 0 Å². The van der Waals surface area contributed by atoms with Crippen molar-refractivity contribution in [2.45, 2.75) is 19.4 Å². The molecule has 1 aliphatic rings. The lowest BCUT2D eigenvalue weighted by atomic mass is 9.98. The normalized spacial score (nSPS) is 13.4. The van der Waals surface area contributed by atoms with Crippen molar-refractivity contribution in [1.29, 1.82) is 0 Å². The highest BCUT2D eigenvalue weighted by Gasteiger charge is 2.19. The summed E-state index contributed by atoms with van der Waals surface area (Å²) in [5.74, 6) is 2.29. The van der Waals surface area contributed by atoms with Crippen molar-refractivity contribution >= 4 is 11.0 Å². The first-order valence-corrected chi connectivity index (χ1v) is 12.0. The lowest BCUT2D eigenvalue weighted by Crippen LogP contribution is -2.32. The Kier molecular flexibility index (Phi) is 6.82. The Morgan fingerprint density at radius 2 is 1.72 bits per heavy atom. The van der Waals surface area contributed by atoms with Crippen molar-refractivity contribution < 1.29 is 23.7 Å². The van der Waals surface area contributed by atoms with E-state index >= 15 is 0 Å². The molecule has 3 aromatic carbocycles. The maximum Gasteiger partial charge on any atom is 0.197 e. The predicted octanol–water partition coefficient (Wildman–Crippen LogP) is 5.01. The number of phenols is 1. The van der Waals surface area contributed by atoms with Crippen LogP contribution in [0.15, 0.2) is 69.9 Å². The molecule has 0 bridgehead atoms. The number of methoxy groups -OCH3 is 2. The molecule has 4 aromatic rings. The molecule has 7 heteroatoms. The minimum absolute atomic E-state index is 0.145. The Bertz CT molecular complexity index is 1430. The van der Waals surface area contributed by atoms with Crippen LogP contribution in [0, 0.1) is 0 Å². The van der Waals surface area contributed by atoms with Crippen molar-refractivity contribution in [3.05, 3.63) is 82.0 Å². The highest BCUT2D eigenvalue weighted by molar-refractivity contribution is 5.86. The van der Waals surface area contributed by atoms with Crippen molar-refractivity contribution in [1.82, 2.24) is 4.90 Å². The molecule has 0 saturated carbocycles. The summed E-state index contributed by atoms with van der Waals surface area (Å²) >= 11 is 0. The minimum atomic E-state index is -0.293. The van der Waals surface area contributed by atoms with Gasteiger partial charge in [-0.2, -0.15) is 0 Å². The fraction of sp³-hybridized carbons (Fsp3) is 0.276. The number of benzene rings is 3. The number of hydrogen-bond donors (Lipinski definition) is 1. The van der Waals surface area contributed by atoms with E-state index in [-0.39, 0.29) is 16.6 Å². The lowest BCUT2D eigenvalue weighted by molar-refractivity contribution is 0.220. The summed E-state index contributed by atoms with van der Waals surface area (Å²) in [5.41, 5.74) is 3.35. The van der Waals surface area contributed by atoms with Crippen molar-refractivity contribution in [3.63, 3.8) is 0 Å². The summed E-state index contributed by atoms with van der Waals surface area (Å²) in [6.45, 7) is 3.16. The second kappa shape index (κ2) is 10.3. The van der Waals surface area contributed by atoms with Gasteiger partial charge in [-0.05, 0) is 36.1 Å². The highest BCUT2D eigenvalue weighted by atomic mass is 16.5.